The van der Waals surface area contributed by atoms with Crippen LogP contribution in [-0.2, 0) is 4.74 Å². The van der Waals surface area contributed by atoms with Crippen molar-refractivity contribution < 1.29 is 9.53 Å². The summed E-state index contributed by atoms with van der Waals surface area (Å²) >= 11 is 3.35. The Morgan fingerprint density at radius 3 is 3.00 bits per heavy atom. The van der Waals surface area contributed by atoms with Crippen molar-refractivity contribution in [3.63, 3.8) is 0 Å². The molecular weight excluding hydrogens is 282 g/mol. The topological polar surface area (TPSA) is 41.6 Å². The Balaban J connectivity index is 1.65. The smallest absolute Gasteiger partial charge is 0.251 e. The van der Waals surface area contributed by atoms with E-state index in [0.29, 0.717) is 11.7 Å². The van der Waals surface area contributed by atoms with Gasteiger partial charge < -0.3 is 10.1 Å². The van der Waals surface area contributed by atoms with E-state index in [4.69, 9.17) is 4.74 Å². The van der Waals surface area contributed by atoms with E-state index in [9.17, 15) is 4.79 Å². The molecule has 4 heteroatoms. The molecule has 3 nitrogen and oxygen atoms in total. The zero-order valence-electron chi connectivity index (χ0n) is 9.62. The lowest BCUT2D eigenvalue weighted by Crippen LogP contribution is -2.24. The van der Waals surface area contributed by atoms with Gasteiger partial charge in [-0.25, -0.2) is 0 Å². The van der Waals surface area contributed by atoms with Crippen LogP contribution >= 0.6 is 15.9 Å². The van der Waals surface area contributed by atoms with Gasteiger partial charge >= 0.3 is 0 Å². The lowest BCUT2D eigenvalue weighted by molar-refractivity contribution is 0.0953. The lowest BCUT2D eigenvalue weighted by atomic mass is 10.2. The molecule has 2 rings (SSSR count). The Morgan fingerprint density at radius 2 is 2.29 bits per heavy atom. The third-order valence-electron chi connectivity index (χ3n) is 2.73. The number of amides is 1. The number of nitrogens with one attached hydrogen (secondary N) is 1. The molecule has 1 fully saturated rings. The van der Waals surface area contributed by atoms with Crippen molar-refractivity contribution in [2.45, 2.75) is 25.4 Å². The molecule has 1 N–H and O–H groups in total. The number of ether oxygens (including phenoxy) is 1. The second-order valence-corrected chi connectivity index (χ2v) is 5.13. The minimum Gasteiger partial charge on any atom is -0.373 e. The molecule has 1 aliphatic rings. The monoisotopic (exact) mass is 297 g/mol. The highest BCUT2D eigenvalue weighted by molar-refractivity contribution is 9.10. The van der Waals surface area contributed by atoms with E-state index in [1.54, 1.807) is 0 Å². The van der Waals surface area contributed by atoms with Crippen LogP contribution in [0.3, 0.4) is 0 Å². The summed E-state index contributed by atoms with van der Waals surface area (Å²) in [5.74, 6) is -0.00558. The quantitative estimate of drug-likeness (QED) is 0.648. The first kappa shape index (κ1) is 12.6. The number of carbonyl (C=O) groups excluding carboxylic acids is 1. The molecule has 1 amide bonds. The molecule has 17 heavy (non-hydrogen) atoms. The summed E-state index contributed by atoms with van der Waals surface area (Å²) in [5.41, 5.74) is 0.699. The van der Waals surface area contributed by atoms with E-state index >= 15 is 0 Å². The van der Waals surface area contributed by atoms with Crippen LogP contribution in [0, 0.1) is 0 Å². The maximum Gasteiger partial charge on any atom is 0.251 e. The Labute approximate surface area is 110 Å². The molecule has 1 aromatic rings. The summed E-state index contributed by atoms with van der Waals surface area (Å²) < 4.78 is 6.05. The van der Waals surface area contributed by atoms with Gasteiger partial charge in [0.05, 0.1) is 12.7 Å². The van der Waals surface area contributed by atoms with Crippen LogP contribution in [0.5, 0.6) is 0 Å². The highest BCUT2D eigenvalue weighted by Crippen LogP contribution is 2.16. The summed E-state index contributed by atoms with van der Waals surface area (Å²) in [6.45, 7) is 1.66. The average molecular weight is 298 g/mol. The van der Waals surface area contributed by atoms with Crippen LogP contribution in [0.2, 0.25) is 0 Å². The van der Waals surface area contributed by atoms with Crippen molar-refractivity contribution in [3.8, 4) is 0 Å². The van der Waals surface area contributed by atoms with Gasteiger partial charge in [0.15, 0.2) is 0 Å². The first-order valence-corrected chi connectivity index (χ1v) is 6.70. The van der Waals surface area contributed by atoms with Crippen molar-refractivity contribution in [2.24, 2.45) is 0 Å². The molecule has 0 bridgehead atoms. The number of rotatable bonds is 6. The van der Waals surface area contributed by atoms with Crippen molar-refractivity contribution in [3.05, 3.63) is 34.3 Å². The molecule has 1 aromatic carbocycles. The number of hydrogen-bond acceptors (Lipinski definition) is 2. The third-order valence-corrected chi connectivity index (χ3v) is 3.22. The third kappa shape index (κ3) is 4.48. The van der Waals surface area contributed by atoms with Gasteiger partial charge in [0.1, 0.15) is 0 Å². The van der Waals surface area contributed by atoms with E-state index in [1.807, 2.05) is 24.3 Å². The molecule has 1 saturated heterocycles. The molecular formula is C13H16BrNO2. The molecule has 0 aromatic heterocycles. The van der Waals surface area contributed by atoms with Gasteiger partial charge in [0.2, 0.25) is 0 Å². The fourth-order valence-corrected chi connectivity index (χ4v) is 2.06. The van der Waals surface area contributed by atoms with E-state index in [-0.39, 0.29) is 5.91 Å². The number of carbonyl (C=O) groups is 1. The summed E-state index contributed by atoms with van der Waals surface area (Å²) in [6.07, 6.45) is 3.74. The molecule has 92 valence electrons. The standard InChI is InChI=1S/C13H16BrNO2/c14-11-5-3-4-10(8-11)13(16)15-7-2-1-6-12-9-17-12/h3-5,8,12H,1-2,6-7,9H2,(H,15,16). The molecule has 0 radical (unpaired) electrons. The van der Waals surface area contributed by atoms with E-state index in [2.05, 4.69) is 21.2 Å². The van der Waals surface area contributed by atoms with Gasteiger partial charge in [-0.1, -0.05) is 22.0 Å². The van der Waals surface area contributed by atoms with Gasteiger partial charge in [0.25, 0.3) is 5.91 Å². The van der Waals surface area contributed by atoms with E-state index < -0.39 is 0 Å². The second-order valence-electron chi connectivity index (χ2n) is 4.22. The maximum absolute atomic E-state index is 11.7. The number of hydrogen-bond donors (Lipinski definition) is 1. The predicted molar refractivity (Wildman–Crippen MR) is 70.1 cm³/mol. The molecule has 1 atom stereocenters. The van der Waals surface area contributed by atoms with Crippen molar-refractivity contribution >= 4 is 21.8 Å². The summed E-state index contributed by atoms with van der Waals surface area (Å²) in [6, 6.07) is 7.42. The Bertz CT molecular complexity index is 391. The van der Waals surface area contributed by atoms with Crippen LogP contribution in [-0.4, -0.2) is 25.2 Å². The first-order valence-electron chi connectivity index (χ1n) is 5.91. The fraction of sp³-hybridized carbons (Fsp3) is 0.462. The van der Waals surface area contributed by atoms with Crippen LogP contribution in [0.25, 0.3) is 0 Å². The average Bonchev–Trinajstić information content (AvgIpc) is 3.12. The zero-order chi connectivity index (χ0) is 12.1. The molecule has 0 spiro atoms. The largest absolute Gasteiger partial charge is 0.373 e. The number of epoxide rings is 1. The lowest BCUT2D eigenvalue weighted by Gasteiger charge is -2.05. The van der Waals surface area contributed by atoms with Gasteiger partial charge in [0, 0.05) is 16.6 Å². The predicted octanol–water partition coefficient (Wildman–Crippen LogP) is 2.75. The highest BCUT2D eigenvalue weighted by Gasteiger charge is 2.20. The first-order chi connectivity index (χ1) is 8.25. The van der Waals surface area contributed by atoms with E-state index in [1.165, 1.54) is 0 Å². The van der Waals surface area contributed by atoms with Gasteiger partial charge in [-0.2, -0.15) is 0 Å². The molecule has 0 aliphatic carbocycles. The number of benzene rings is 1. The molecule has 1 unspecified atom stereocenters. The summed E-state index contributed by atoms with van der Waals surface area (Å²) in [5, 5.41) is 2.92. The Morgan fingerprint density at radius 1 is 1.47 bits per heavy atom. The van der Waals surface area contributed by atoms with E-state index in [0.717, 1.165) is 36.9 Å². The minimum atomic E-state index is -0.00558. The normalized spacial score (nSPS) is 17.8. The molecule has 1 heterocycles. The zero-order valence-corrected chi connectivity index (χ0v) is 11.2. The van der Waals surface area contributed by atoms with Gasteiger partial charge in [-0.15, -0.1) is 0 Å². The van der Waals surface area contributed by atoms with Crippen LogP contribution in [0.1, 0.15) is 29.6 Å². The highest BCUT2D eigenvalue weighted by atomic mass is 79.9. The number of unbranched alkanes of at least 4 members (excludes halogenated alkanes) is 1. The van der Waals surface area contributed by atoms with Crippen molar-refractivity contribution in [1.82, 2.24) is 5.32 Å². The Kier molecular flexibility index (Phi) is 4.57. The van der Waals surface area contributed by atoms with Crippen LogP contribution < -0.4 is 5.32 Å². The van der Waals surface area contributed by atoms with Gasteiger partial charge in [-0.05, 0) is 37.5 Å². The molecule has 1 aliphatic heterocycles. The second kappa shape index (κ2) is 6.17. The number of halogens is 1. The van der Waals surface area contributed by atoms with Gasteiger partial charge in [-0.3, -0.25) is 4.79 Å². The Hall–Kier alpha value is -0.870. The fourth-order valence-electron chi connectivity index (χ4n) is 1.67. The summed E-state index contributed by atoms with van der Waals surface area (Å²) in [4.78, 5) is 11.7. The van der Waals surface area contributed by atoms with Crippen LogP contribution in [0.4, 0.5) is 0 Å². The maximum atomic E-state index is 11.7. The molecule has 0 saturated carbocycles. The van der Waals surface area contributed by atoms with Crippen molar-refractivity contribution in [1.29, 1.82) is 0 Å². The minimum absolute atomic E-state index is 0.00558. The van der Waals surface area contributed by atoms with Crippen LogP contribution in [0.15, 0.2) is 28.7 Å². The van der Waals surface area contributed by atoms with Crippen molar-refractivity contribution in [2.75, 3.05) is 13.2 Å². The SMILES string of the molecule is O=C(NCCCCC1CO1)c1cccc(Br)c1. The summed E-state index contributed by atoms with van der Waals surface area (Å²) in [7, 11) is 0.